The molecule has 0 heterocycles. The van der Waals surface area contributed by atoms with E-state index >= 15 is 0 Å². The molecule has 0 radical (unpaired) electrons. The number of carbonyl (C=O) groups is 1. The van der Waals surface area contributed by atoms with Crippen molar-refractivity contribution in [2.75, 3.05) is 5.32 Å². The van der Waals surface area contributed by atoms with Crippen molar-refractivity contribution in [1.29, 1.82) is 5.26 Å². The summed E-state index contributed by atoms with van der Waals surface area (Å²) in [6.07, 6.45) is 1.45. The van der Waals surface area contributed by atoms with Gasteiger partial charge in [-0.05, 0) is 30.3 Å². The van der Waals surface area contributed by atoms with E-state index in [1.807, 2.05) is 24.3 Å². The van der Waals surface area contributed by atoms with Gasteiger partial charge in [-0.15, -0.1) is 0 Å². The molecular formula is C23H15Cl3N2O2. The minimum absolute atomic E-state index is 0.125. The van der Waals surface area contributed by atoms with Crippen LogP contribution in [0.1, 0.15) is 11.1 Å². The Hall–Kier alpha value is -2.97. The Morgan fingerprint density at radius 2 is 1.57 bits per heavy atom. The van der Waals surface area contributed by atoms with E-state index in [-0.39, 0.29) is 27.9 Å². The molecule has 0 saturated heterocycles. The largest absolute Gasteiger partial charge is 0.488 e. The van der Waals surface area contributed by atoms with Gasteiger partial charge in [-0.25, -0.2) is 0 Å². The Labute approximate surface area is 189 Å². The Balaban J connectivity index is 1.83. The third-order valence-electron chi connectivity index (χ3n) is 4.13. The molecule has 0 atom stereocenters. The van der Waals surface area contributed by atoms with Gasteiger partial charge in [-0.2, -0.15) is 5.26 Å². The summed E-state index contributed by atoms with van der Waals surface area (Å²) < 4.78 is 5.87. The van der Waals surface area contributed by atoms with Crippen LogP contribution in [0.4, 0.5) is 5.69 Å². The highest BCUT2D eigenvalue weighted by Crippen LogP contribution is 2.30. The van der Waals surface area contributed by atoms with Crippen molar-refractivity contribution in [2.45, 2.75) is 6.61 Å². The van der Waals surface area contributed by atoms with E-state index < -0.39 is 5.91 Å². The van der Waals surface area contributed by atoms with Crippen LogP contribution in [0.2, 0.25) is 15.1 Å². The lowest BCUT2D eigenvalue weighted by Gasteiger charge is -2.11. The van der Waals surface area contributed by atoms with Crippen molar-refractivity contribution in [3.05, 3.63) is 98.5 Å². The Kier molecular flexibility index (Phi) is 7.37. The fourth-order valence-corrected chi connectivity index (χ4v) is 3.29. The van der Waals surface area contributed by atoms with E-state index in [4.69, 9.17) is 39.5 Å². The highest BCUT2D eigenvalue weighted by molar-refractivity contribution is 6.40. The molecule has 0 aromatic heterocycles. The van der Waals surface area contributed by atoms with Crippen LogP contribution in [-0.4, -0.2) is 5.91 Å². The zero-order valence-electron chi connectivity index (χ0n) is 15.5. The second kappa shape index (κ2) is 10.2. The summed E-state index contributed by atoms with van der Waals surface area (Å²) in [6, 6.07) is 21.2. The van der Waals surface area contributed by atoms with E-state index in [9.17, 15) is 10.1 Å². The van der Waals surface area contributed by atoms with Crippen molar-refractivity contribution in [2.24, 2.45) is 0 Å². The van der Waals surface area contributed by atoms with Gasteiger partial charge in [0.25, 0.3) is 5.91 Å². The molecule has 3 aromatic carbocycles. The Morgan fingerprint density at radius 1 is 0.933 bits per heavy atom. The summed E-state index contributed by atoms with van der Waals surface area (Å²) >= 11 is 18.3. The average Bonchev–Trinajstić information content (AvgIpc) is 2.74. The number of amides is 1. The first kappa shape index (κ1) is 21.7. The van der Waals surface area contributed by atoms with E-state index in [0.29, 0.717) is 16.3 Å². The minimum Gasteiger partial charge on any atom is -0.488 e. The molecule has 3 aromatic rings. The number of benzene rings is 3. The number of ether oxygens (including phenoxy) is 1. The maximum Gasteiger partial charge on any atom is 0.266 e. The summed E-state index contributed by atoms with van der Waals surface area (Å²) in [5.74, 6) is -0.123. The number of nitriles is 1. The van der Waals surface area contributed by atoms with Gasteiger partial charge in [0.05, 0.1) is 15.7 Å². The Morgan fingerprint density at radius 3 is 2.27 bits per heavy atom. The van der Waals surface area contributed by atoms with Crippen LogP contribution < -0.4 is 10.1 Å². The predicted octanol–water partition coefficient (Wildman–Crippen LogP) is 6.77. The monoisotopic (exact) mass is 456 g/mol. The lowest BCUT2D eigenvalue weighted by atomic mass is 10.1. The normalized spacial score (nSPS) is 10.9. The van der Waals surface area contributed by atoms with E-state index in [1.54, 1.807) is 48.5 Å². The van der Waals surface area contributed by atoms with Gasteiger partial charge < -0.3 is 10.1 Å². The number of hydrogen-bond donors (Lipinski definition) is 1. The van der Waals surface area contributed by atoms with Crippen LogP contribution in [0.15, 0.2) is 72.3 Å². The molecule has 0 saturated carbocycles. The van der Waals surface area contributed by atoms with Gasteiger partial charge in [0.15, 0.2) is 0 Å². The van der Waals surface area contributed by atoms with Crippen LogP contribution in [0.5, 0.6) is 5.75 Å². The lowest BCUT2D eigenvalue weighted by Crippen LogP contribution is -2.14. The molecule has 7 heteroatoms. The first-order chi connectivity index (χ1) is 14.5. The van der Waals surface area contributed by atoms with Crippen LogP contribution in [-0.2, 0) is 11.4 Å². The quantitative estimate of drug-likeness (QED) is 0.328. The van der Waals surface area contributed by atoms with Gasteiger partial charge in [0, 0.05) is 16.1 Å². The van der Waals surface area contributed by atoms with Crippen LogP contribution >= 0.6 is 34.8 Å². The van der Waals surface area contributed by atoms with E-state index in [0.717, 1.165) is 5.56 Å². The maximum absolute atomic E-state index is 12.6. The van der Waals surface area contributed by atoms with Crippen LogP contribution in [0.25, 0.3) is 6.08 Å². The van der Waals surface area contributed by atoms with Gasteiger partial charge in [-0.1, -0.05) is 77.3 Å². The number of para-hydroxylation sites is 2. The molecule has 0 bridgehead atoms. The highest BCUT2D eigenvalue weighted by atomic mass is 35.5. The number of nitrogens with one attached hydrogen (secondary N) is 1. The molecule has 150 valence electrons. The predicted molar refractivity (Wildman–Crippen MR) is 121 cm³/mol. The van der Waals surface area contributed by atoms with Crippen molar-refractivity contribution >= 4 is 52.5 Å². The molecule has 3 rings (SSSR count). The molecule has 1 amide bonds. The Bertz CT molecular complexity index is 1130. The van der Waals surface area contributed by atoms with Gasteiger partial charge in [0.1, 0.15) is 24.0 Å². The van der Waals surface area contributed by atoms with Crippen LogP contribution in [0, 0.1) is 11.3 Å². The first-order valence-corrected chi connectivity index (χ1v) is 9.95. The zero-order valence-corrected chi connectivity index (χ0v) is 17.8. The minimum atomic E-state index is -0.631. The third kappa shape index (κ3) is 5.34. The molecule has 0 fully saturated rings. The number of anilines is 1. The fourth-order valence-electron chi connectivity index (χ4n) is 2.60. The number of carbonyl (C=O) groups excluding carboxylic acids is 1. The summed E-state index contributed by atoms with van der Waals surface area (Å²) in [7, 11) is 0. The van der Waals surface area contributed by atoms with E-state index in [1.165, 1.54) is 6.08 Å². The van der Waals surface area contributed by atoms with Crippen LogP contribution in [0.3, 0.4) is 0 Å². The topological polar surface area (TPSA) is 62.1 Å². The number of halogens is 3. The molecule has 0 aliphatic carbocycles. The van der Waals surface area contributed by atoms with Crippen molar-refractivity contribution in [3.8, 4) is 11.8 Å². The van der Waals surface area contributed by atoms with Gasteiger partial charge >= 0.3 is 0 Å². The molecule has 0 aliphatic heterocycles. The molecule has 0 aliphatic rings. The third-order valence-corrected chi connectivity index (χ3v) is 5.12. The molecule has 30 heavy (non-hydrogen) atoms. The number of hydrogen-bond acceptors (Lipinski definition) is 3. The van der Waals surface area contributed by atoms with Crippen molar-refractivity contribution in [1.82, 2.24) is 0 Å². The highest BCUT2D eigenvalue weighted by Gasteiger charge is 2.15. The summed E-state index contributed by atoms with van der Waals surface area (Å²) in [4.78, 5) is 12.6. The first-order valence-electron chi connectivity index (χ1n) is 8.82. The average molecular weight is 458 g/mol. The second-order valence-electron chi connectivity index (χ2n) is 6.14. The second-order valence-corrected chi connectivity index (χ2v) is 7.36. The molecule has 4 nitrogen and oxygen atoms in total. The van der Waals surface area contributed by atoms with Gasteiger partial charge in [-0.3, -0.25) is 4.79 Å². The van der Waals surface area contributed by atoms with E-state index in [2.05, 4.69) is 5.32 Å². The lowest BCUT2D eigenvalue weighted by molar-refractivity contribution is -0.112. The molecule has 0 unspecified atom stereocenters. The number of rotatable bonds is 6. The zero-order chi connectivity index (χ0) is 21.5. The van der Waals surface area contributed by atoms with Gasteiger partial charge in [0.2, 0.25) is 0 Å². The fraction of sp³-hybridized carbons (Fsp3) is 0.0435. The summed E-state index contributed by atoms with van der Waals surface area (Å²) in [5, 5.41) is 13.2. The summed E-state index contributed by atoms with van der Waals surface area (Å²) in [5.41, 5.74) is 1.51. The number of nitrogens with zero attached hydrogens (tertiary/aromatic N) is 1. The van der Waals surface area contributed by atoms with Crippen molar-refractivity contribution in [3.63, 3.8) is 0 Å². The maximum atomic E-state index is 12.6. The molecule has 0 spiro atoms. The SMILES string of the molecule is N#C/C(=C\c1ccccc1OCc1ccccc1Cl)C(=O)Nc1c(Cl)cccc1Cl. The van der Waals surface area contributed by atoms with Crippen molar-refractivity contribution < 1.29 is 9.53 Å². The summed E-state index contributed by atoms with van der Waals surface area (Å²) in [6.45, 7) is 0.244. The molecule has 1 N–H and O–H groups in total. The standard InChI is InChI=1S/C23H15Cl3N2O2/c24-18-8-3-1-7-16(18)14-30-21-11-4-2-6-15(21)12-17(13-27)23(29)28-22-19(25)9-5-10-20(22)26/h1-12H,14H2,(H,28,29)/b17-12+. The molecular weight excluding hydrogens is 443 g/mol. The smallest absolute Gasteiger partial charge is 0.266 e.